The summed E-state index contributed by atoms with van der Waals surface area (Å²) in [7, 11) is 1.42. The number of rotatable bonds is 4. The summed E-state index contributed by atoms with van der Waals surface area (Å²) in [6, 6.07) is 14.6. The molecule has 1 aromatic heterocycles. The number of thiazole rings is 1. The molecule has 192 valence electrons. The molecule has 0 saturated carbocycles. The van der Waals surface area contributed by atoms with Crippen molar-refractivity contribution in [2.75, 3.05) is 12.0 Å². The number of nitrogens with zero attached hydrogens (tertiary/aromatic N) is 2. The lowest BCUT2D eigenvalue weighted by molar-refractivity contribution is -0.132. The van der Waals surface area contributed by atoms with Gasteiger partial charge in [0.05, 0.1) is 28.9 Å². The summed E-state index contributed by atoms with van der Waals surface area (Å²) < 4.78 is 11.9. The second-order valence-electron chi connectivity index (χ2n) is 9.52. The van der Waals surface area contributed by atoms with Gasteiger partial charge in [-0.1, -0.05) is 23.5 Å². The van der Waals surface area contributed by atoms with Gasteiger partial charge < -0.3 is 19.7 Å². The van der Waals surface area contributed by atoms with Gasteiger partial charge in [0.25, 0.3) is 5.78 Å². The van der Waals surface area contributed by atoms with Crippen LogP contribution in [0.25, 0.3) is 16.0 Å². The molecule has 0 aliphatic carbocycles. The van der Waals surface area contributed by atoms with Crippen molar-refractivity contribution in [3.8, 4) is 17.2 Å². The highest BCUT2D eigenvalue weighted by Gasteiger charge is 2.48. The number of aryl methyl sites for hydroxylation is 1. The van der Waals surface area contributed by atoms with E-state index in [1.165, 1.54) is 29.4 Å². The third-order valence-corrected chi connectivity index (χ3v) is 7.89. The molecule has 2 aliphatic rings. The van der Waals surface area contributed by atoms with E-state index in [9.17, 15) is 19.8 Å². The molecule has 9 heteroatoms. The van der Waals surface area contributed by atoms with Crippen LogP contribution >= 0.6 is 11.3 Å². The first-order valence-electron chi connectivity index (χ1n) is 12.1. The number of fused-ring (bicyclic) bond motifs is 2. The Morgan fingerprint density at radius 2 is 1.95 bits per heavy atom. The summed E-state index contributed by atoms with van der Waals surface area (Å²) in [6.45, 7) is 3.93. The number of benzene rings is 3. The van der Waals surface area contributed by atoms with Crippen LogP contribution in [0.5, 0.6) is 17.2 Å². The third-order valence-electron chi connectivity index (χ3n) is 6.87. The maximum Gasteiger partial charge on any atom is 0.301 e. The SMILES string of the molecule is COc1cc([C@H]2/C(=C(\O)c3ccc4c(c3)C[C@H](C)O4)C(=O)C(=O)N2c2nc3ccc(C)cc3s2)ccc1O. The number of anilines is 1. The van der Waals surface area contributed by atoms with Gasteiger partial charge in [0.1, 0.15) is 17.6 Å². The van der Waals surface area contributed by atoms with E-state index in [-0.39, 0.29) is 28.9 Å². The van der Waals surface area contributed by atoms with Crippen LogP contribution in [0.15, 0.2) is 60.2 Å². The Balaban J connectivity index is 1.55. The Morgan fingerprint density at radius 1 is 1.13 bits per heavy atom. The molecule has 6 rings (SSSR count). The zero-order chi connectivity index (χ0) is 26.7. The fourth-order valence-corrected chi connectivity index (χ4v) is 6.15. The first kappa shape index (κ1) is 24.0. The number of aliphatic hydroxyl groups is 1. The molecule has 0 spiro atoms. The number of aliphatic hydroxyl groups excluding tert-OH is 1. The maximum absolute atomic E-state index is 13.5. The topological polar surface area (TPSA) is 109 Å². The van der Waals surface area contributed by atoms with Crippen LogP contribution in [0.3, 0.4) is 0 Å². The molecule has 0 bridgehead atoms. The molecular weight excluding hydrogens is 504 g/mol. The number of aromatic nitrogens is 1. The highest BCUT2D eigenvalue weighted by atomic mass is 32.1. The number of carbonyl (C=O) groups is 2. The van der Waals surface area contributed by atoms with Crippen molar-refractivity contribution >= 4 is 44.1 Å². The summed E-state index contributed by atoms with van der Waals surface area (Å²) in [4.78, 5) is 33.0. The molecule has 1 amide bonds. The van der Waals surface area contributed by atoms with Crippen molar-refractivity contribution in [2.24, 2.45) is 0 Å². The lowest BCUT2D eigenvalue weighted by Gasteiger charge is -2.23. The Morgan fingerprint density at radius 3 is 2.74 bits per heavy atom. The number of aromatic hydroxyl groups is 1. The van der Waals surface area contributed by atoms with Crippen LogP contribution in [0.2, 0.25) is 0 Å². The predicted molar refractivity (Wildman–Crippen MR) is 144 cm³/mol. The first-order valence-corrected chi connectivity index (χ1v) is 12.9. The van der Waals surface area contributed by atoms with E-state index in [4.69, 9.17) is 9.47 Å². The van der Waals surface area contributed by atoms with Crippen LogP contribution in [0, 0.1) is 6.92 Å². The van der Waals surface area contributed by atoms with Crippen molar-refractivity contribution in [1.82, 2.24) is 4.98 Å². The summed E-state index contributed by atoms with van der Waals surface area (Å²) in [6.07, 6.45) is 0.689. The third kappa shape index (κ3) is 3.78. The number of ketones is 1. The molecule has 8 nitrogen and oxygen atoms in total. The minimum absolute atomic E-state index is 0.0140. The number of hydrogen-bond acceptors (Lipinski definition) is 8. The Labute approximate surface area is 222 Å². The van der Waals surface area contributed by atoms with E-state index in [1.807, 2.05) is 32.0 Å². The largest absolute Gasteiger partial charge is 0.507 e. The van der Waals surface area contributed by atoms with Gasteiger partial charge in [0.15, 0.2) is 16.6 Å². The van der Waals surface area contributed by atoms with Crippen LogP contribution in [-0.2, 0) is 16.0 Å². The molecule has 0 radical (unpaired) electrons. The zero-order valence-electron chi connectivity index (χ0n) is 20.9. The molecule has 1 fully saturated rings. The van der Waals surface area contributed by atoms with Gasteiger partial charge in [-0.2, -0.15) is 0 Å². The maximum atomic E-state index is 13.5. The Hall–Kier alpha value is -4.37. The summed E-state index contributed by atoms with van der Waals surface area (Å²) in [5.41, 5.74) is 3.49. The van der Waals surface area contributed by atoms with Crippen molar-refractivity contribution in [1.29, 1.82) is 0 Å². The predicted octanol–water partition coefficient (Wildman–Crippen LogP) is 5.27. The number of carbonyl (C=O) groups excluding carboxylic acids is 2. The number of Topliss-reactive ketones (excluding diaryl/α,β-unsaturated/α-hetero) is 1. The fraction of sp³-hybridized carbons (Fsp3) is 0.207. The van der Waals surface area contributed by atoms with Gasteiger partial charge in [-0.3, -0.25) is 14.5 Å². The second-order valence-corrected chi connectivity index (χ2v) is 10.5. The number of ether oxygens (including phenoxy) is 2. The fourth-order valence-electron chi connectivity index (χ4n) is 5.06. The van der Waals surface area contributed by atoms with Gasteiger partial charge in [-0.15, -0.1) is 0 Å². The molecule has 38 heavy (non-hydrogen) atoms. The molecule has 4 aromatic rings. The molecule has 3 heterocycles. The average molecular weight is 529 g/mol. The van der Waals surface area contributed by atoms with E-state index >= 15 is 0 Å². The zero-order valence-corrected chi connectivity index (χ0v) is 21.7. The van der Waals surface area contributed by atoms with Crippen LogP contribution in [-0.4, -0.2) is 40.1 Å². The smallest absolute Gasteiger partial charge is 0.301 e. The van der Waals surface area contributed by atoms with E-state index < -0.39 is 17.7 Å². The van der Waals surface area contributed by atoms with Gasteiger partial charge in [-0.25, -0.2) is 4.98 Å². The van der Waals surface area contributed by atoms with Crippen molar-refractivity contribution in [2.45, 2.75) is 32.4 Å². The van der Waals surface area contributed by atoms with Gasteiger partial charge in [0.2, 0.25) is 0 Å². The van der Waals surface area contributed by atoms with Crippen LogP contribution in [0.1, 0.15) is 35.2 Å². The molecule has 0 unspecified atom stereocenters. The van der Waals surface area contributed by atoms with Gasteiger partial charge >= 0.3 is 5.91 Å². The van der Waals surface area contributed by atoms with Crippen molar-refractivity contribution < 1.29 is 29.3 Å². The monoisotopic (exact) mass is 528 g/mol. The first-order chi connectivity index (χ1) is 18.2. The summed E-state index contributed by atoms with van der Waals surface area (Å²) in [5, 5.41) is 22.0. The summed E-state index contributed by atoms with van der Waals surface area (Å²) in [5.74, 6) is -1.08. The second kappa shape index (κ2) is 8.88. The minimum atomic E-state index is -0.991. The van der Waals surface area contributed by atoms with E-state index in [0.717, 1.165) is 21.6 Å². The quantitative estimate of drug-likeness (QED) is 0.211. The minimum Gasteiger partial charge on any atom is -0.507 e. The molecule has 2 atom stereocenters. The number of phenolic OH excluding ortho intramolecular Hbond substituents is 1. The van der Waals surface area contributed by atoms with Crippen molar-refractivity contribution in [3.63, 3.8) is 0 Å². The number of hydrogen-bond donors (Lipinski definition) is 2. The van der Waals surface area contributed by atoms with Gasteiger partial charge in [-0.05, 0) is 73.0 Å². The average Bonchev–Trinajstić information content (AvgIpc) is 3.56. The van der Waals surface area contributed by atoms with Crippen LogP contribution < -0.4 is 14.4 Å². The molecule has 2 aliphatic heterocycles. The highest BCUT2D eigenvalue weighted by molar-refractivity contribution is 7.22. The molecule has 3 aromatic carbocycles. The lowest BCUT2D eigenvalue weighted by Crippen LogP contribution is -2.29. The van der Waals surface area contributed by atoms with E-state index in [2.05, 4.69) is 4.98 Å². The number of methoxy groups -OCH3 is 1. The summed E-state index contributed by atoms with van der Waals surface area (Å²) >= 11 is 1.29. The molecule has 1 saturated heterocycles. The molecular formula is C29H24N2O6S. The van der Waals surface area contributed by atoms with Gasteiger partial charge in [0, 0.05) is 12.0 Å². The van der Waals surface area contributed by atoms with E-state index in [0.29, 0.717) is 28.2 Å². The van der Waals surface area contributed by atoms with Crippen molar-refractivity contribution in [3.05, 3.63) is 82.4 Å². The van der Waals surface area contributed by atoms with E-state index in [1.54, 1.807) is 30.3 Å². The van der Waals surface area contributed by atoms with Crippen LogP contribution in [0.4, 0.5) is 5.13 Å². The molecule has 2 N–H and O–H groups in total. The number of amides is 1. The standard InChI is InChI=1S/C29H24N2O6S/c1-14-4-7-19-23(10-14)38-29(30-19)31-25(16-5-8-20(32)22(13-16)36-3)24(27(34)28(31)35)26(33)17-6-9-21-18(12-17)11-15(2)37-21/h4-10,12-13,15,25,32-33H,11H2,1-3H3/b26-24+/t15-,25-/m0/s1. The normalized spacial score (nSPS) is 20.1. The number of phenols is 1. The Kier molecular flexibility index (Phi) is 5.61. The lowest BCUT2D eigenvalue weighted by atomic mass is 9.94. The highest BCUT2D eigenvalue weighted by Crippen LogP contribution is 2.46. The Bertz CT molecular complexity index is 1670.